The molecule has 0 saturated heterocycles. The number of unbranched alkanes of at least 4 members (excludes halogenated alkanes) is 1. The van der Waals surface area contributed by atoms with Crippen LogP contribution >= 0.6 is 0 Å². The molecule has 5 nitrogen and oxygen atoms in total. The molecule has 0 unspecified atom stereocenters. The van der Waals surface area contributed by atoms with E-state index in [1.54, 1.807) is 19.6 Å². The topological polar surface area (TPSA) is 48.0 Å². The van der Waals surface area contributed by atoms with Crippen molar-refractivity contribution in [3.05, 3.63) is 12.5 Å². The summed E-state index contributed by atoms with van der Waals surface area (Å²) in [6, 6.07) is 0. The van der Waals surface area contributed by atoms with Crippen LogP contribution in [0.1, 0.15) is 39.0 Å². The fraction of sp³-hybridized carbons (Fsp3) is 0.750. The van der Waals surface area contributed by atoms with Crippen molar-refractivity contribution in [2.45, 2.75) is 44.8 Å². The van der Waals surface area contributed by atoms with Crippen LogP contribution in [0.3, 0.4) is 0 Å². The van der Waals surface area contributed by atoms with Gasteiger partial charge in [-0.2, -0.15) is 0 Å². The molecule has 0 aromatic heterocycles. The highest BCUT2D eigenvalue weighted by Gasteiger charge is 2.32. The quantitative estimate of drug-likeness (QED) is 0.508. The highest BCUT2D eigenvalue weighted by atomic mass is 16.7. The molecule has 1 aliphatic rings. The molecule has 1 amide bonds. The molecule has 0 radical (unpaired) electrons. The molecule has 0 bridgehead atoms. The second-order valence-electron chi connectivity index (χ2n) is 4.05. The molecule has 17 heavy (non-hydrogen) atoms. The van der Waals surface area contributed by atoms with Gasteiger partial charge < -0.3 is 9.47 Å². The van der Waals surface area contributed by atoms with E-state index in [0.717, 1.165) is 25.7 Å². The molecule has 0 aromatic rings. The third-order valence-electron chi connectivity index (χ3n) is 2.98. The second kappa shape index (κ2) is 6.49. The van der Waals surface area contributed by atoms with E-state index in [2.05, 4.69) is 0 Å². The Kier molecular flexibility index (Phi) is 5.28. The van der Waals surface area contributed by atoms with Gasteiger partial charge in [0.25, 0.3) is 0 Å². The summed E-state index contributed by atoms with van der Waals surface area (Å²) < 4.78 is 10.9. The molecule has 1 heterocycles. The number of nitrogens with zero attached hydrogens (tertiary/aromatic N) is 1. The minimum Gasteiger partial charge on any atom is -0.457 e. The molecule has 0 spiro atoms. The monoisotopic (exact) mass is 243 g/mol. The first-order valence-electron chi connectivity index (χ1n) is 5.95. The van der Waals surface area contributed by atoms with E-state index in [1.165, 1.54) is 12.2 Å². The van der Waals surface area contributed by atoms with Crippen molar-refractivity contribution in [1.29, 1.82) is 0 Å². The zero-order valence-corrected chi connectivity index (χ0v) is 10.8. The van der Waals surface area contributed by atoms with Crippen LogP contribution in [0.25, 0.3) is 0 Å². The van der Waals surface area contributed by atoms with Gasteiger partial charge >= 0.3 is 0 Å². The molecule has 0 atom stereocenters. The highest BCUT2D eigenvalue weighted by molar-refractivity contribution is 5.74. The summed E-state index contributed by atoms with van der Waals surface area (Å²) in [7, 11) is 3.10. The van der Waals surface area contributed by atoms with Gasteiger partial charge in [0.2, 0.25) is 11.7 Å². The predicted octanol–water partition coefficient (Wildman–Crippen LogP) is 2.19. The number of hydrogen-bond donors (Lipinski definition) is 0. The van der Waals surface area contributed by atoms with E-state index < -0.39 is 5.79 Å². The molecule has 98 valence electrons. The van der Waals surface area contributed by atoms with Crippen LogP contribution in [0.4, 0.5) is 0 Å². The van der Waals surface area contributed by atoms with E-state index in [-0.39, 0.29) is 5.91 Å². The Morgan fingerprint density at radius 3 is 2.53 bits per heavy atom. The van der Waals surface area contributed by atoms with E-state index in [0.29, 0.717) is 6.42 Å². The lowest BCUT2D eigenvalue weighted by molar-refractivity contribution is -0.169. The maximum Gasteiger partial charge on any atom is 0.249 e. The molecule has 1 aliphatic heterocycles. The molecule has 0 N–H and O–H groups in total. The molecular formula is C12H21NO4. The number of carbonyl (C=O) groups is 1. The van der Waals surface area contributed by atoms with Crippen LogP contribution in [0.15, 0.2) is 12.5 Å². The minimum atomic E-state index is -0.504. The summed E-state index contributed by atoms with van der Waals surface area (Å²) in [5.41, 5.74) is 0. The van der Waals surface area contributed by atoms with Crippen LogP contribution in [0, 0.1) is 0 Å². The summed E-state index contributed by atoms with van der Waals surface area (Å²) in [5, 5.41) is 1.25. The maximum absolute atomic E-state index is 11.4. The zero-order chi connectivity index (χ0) is 12.7. The molecule has 0 saturated carbocycles. The van der Waals surface area contributed by atoms with Crippen molar-refractivity contribution in [3.63, 3.8) is 0 Å². The number of amides is 1. The first-order valence-corrected chi connectivity index (χ1v) is 5.95. The first kappa shape index (κ1) is 13.8. The third-order valence-corrected chi connectivity index (χ3v) is 2.98. The van der Waals surface area contributed by atoms with Crippen molar-refractivity contribution < 1.29 is 19.1 Å². The van der Waals surface area contributed by atoms with Crippen molar-refractivity contribution in [2.75, 3.05) is 14.2 Å². The normalized spacial score (nSPS) is 16.4. The molecule has 1 rings (SSSR count). The molecule has 0 fully saturated rings. The van der Waals surface area contributed by atoms with Crippen LogP contribution in [0.2, 0.25) is 0 Å². The Hall–Kier alpha value is -1.23. The Bertz CT molecular complexity index is 270. The predicted molar refractivity (Wildman–Crippen MR) is 62.6 cm³/mol. The van der Waals surface area contributed by atoms with Crippen LogP contribution in [0.5, 0.6) is 0 Å². The van der Waals surface area contributed by atoms with Crippen LogP contribution in [-0.2, 0) is 19.1 Å². The molecule has 0 aromatic carbocycles. The summed E-state index contributed by atoms with van der Waals surface area (Å²) in [6.07, 6.45) is 6.92. The van der Waals surface area contributed by atoms with Crippen molar-refractivity contribution in [2.24, 2.45) is 0 Å². The Morgan fingerprint density at radius 1 is 1.35 bits per heavy atom. The van der Waals surface area contributed by atoms with Gasteiger partial charge in [-0.25, -0.2) is 5.06 Å². The second-order valence-corrected chi connectivity index (χ2v) is 4.05. The van der Waals surface area contributed by atoms with Gasteiger partial charge in [-0.05, 0) is 12.8 Å². The van der Waals surface area contributed by atoms with Crippen LogP contribution in [-0.4, -0.2) is 30.9 Å². The highest BCUT2D eigenvalue weighted by Crippen LogP contribution is 2.29. The van der Waals surface area contributed by atoms with Crippen LogP contribution < -0.4 is 0 Å². The van der Waals surface area contributed by atoms with E-state index in [9.17, 15) is 4.79 Å². The summed E-state index contributed by atoms with van der Waals surface area (Å²) in [5.74, 6) is -0.514. The Balaban J connectivity index is 2.17. The Labute approximate surface area is 102 Å². The van der Waals surface area contributed by atoms with Gasteiger partial charge in [-0.15, -0.1) is 0 Å². The van der Waals surface area contributed by atoms with E-state index in [4.69, 9.17) is 14.3 Å². The third kappa shape index (κ3) is 3.93. The van der Waals surface area contributed by atoms with Crippen molar-refractivity contribution in [1.82, 2.24) is 5.06 Å². The maximum atomic E-state index is 11.4. The van der Waals surface area contributed by atoms with Crippen molar-refractivity contribution in [3.8, 4) is 0 Å². The minimum absolute atomic E-state index is 0.00979. The number of ether oxygens (including phenoxy) is 2. The number of carbonyl (C=O) groups excluding carboxylic acids is 1. The average Bonchev–Trinajstić information content (AvgIpc) is 2.82. The number of rotatable bonds is 7. The lowest BCUT2D eigenvalue weighted by Gasteiger charge is -2.26. The molecule has 5 heteroatoms. The smallest absolute Gasteiger partial charge is 0.249 e. The van der Waals surface area contributed by atoms with E-state index >= 15 is 0 Å². The zero-order valence-electron chi connectivity index (χ0n) is 10.8. The lowest BCUT2D eigenvalue weighted by atomic mass is 10.0. The Morgan fingerprint density at radius 2 is 2.00 bits per heavy atom. The van der Waals surface area contributed by atoms with Gasteiger partial charge in [0.15, 0.2) is 0 Å². The average molecular weight is 243 g/mol. The standard InChI is InChI=1S/C12H21NO4/c1-4-12(16-9-10-17-12)8-6-5-7-11(14)13(2)15-3/h9-10H,4-8H2,1-3H3. The van der Waals surface area contributed by atoms with E-state index in [1.807, 2.05) is 6.92 Å². The van der Waals surface area contributed by atoms with Crippen molar-refractivity contribution >= 4 is 5.91 Å². The number of hydroxylamine groups is 2. The summed E-state index contributed by atoms with van der Waals surface area (Å²) in [4.78, 5) is 16.3. The van der Waals surface area contributed by atoms with Gasteiger partial charge in [-0.3, -0.25) is 9.63 Å². The molecular weight excluding hydrogens is 222 g/mol. The van der Waals surface area contributed by atoms with Gasteiger partial charge in [0.1, 0.15) is 12.5 Å². The largest absolute Gasteiger partial charge is 0.457 e. The first-order chi connectivity index (χ1) is 8.13. The van der Waals surface area contributed by atoms with Gasteiger partial charge in [0, 0.05) is 26.3 Å². The fourth-order valence-corrected chi connectivity index (χ4v) is 1.72. The molecule has 0 aliphatic carbocycles. The SMILES string of the molecule is CCC1(CCCCC(=O)N(C)OC)OC=CO1. The number of hydrogen-bond acceptors (Lipinski definition) is 4. The van der Waals surface area contributed by atoms with Gasteiger partial charge in [-0.1, -0.05) is 6.92 Å². The van der Waals surface area contributed by atoms with Gasteiger partial charge in [0.05, 0.1) is 7.11 Å². The fourth-order valence-electron chi connectivity index (χ4n) is 1.72. The summed E-state index contributed by atoms with van der Waals surface area (Å²) >= 11 is 0. The summed E-state index contributed by atoms with van der Waals surface area (Å²) in [6.45, 7) is 2.02. The lowest BCUT2D eigenvalue weighted by Crippen LogP contribution is -2.29.